The normalized spacial score (nSPS) is 12.2. The van der Waals surface area contributed by atoms with E-state index >= 15 is 0 Å². The van der Waals surface area contributed by atoms with Gasteiger partial charge in [0.1, 0.15) is 10.7 Å². The maximum Gasteiger partial charge on any atom is 0.471 e. The Morgan fingerprint density at radius 3 is 2.33 bits per heavy atom. The number of halogens is 5. The first-order valence-corrected chi connectivity index (χ1v) is 8.91. The monoisotopic (exact) mass is 421 g/mol. The second-order valence-electron chi connectivity index (χ2n) is 5.18. The van der Waals surface area contributed by atoms with E-state index in [1.165, 1.54) is 30.3 Å². The minimum absolute atomic E-state index is 0.0321. The van der Waals surface area contributed by atoms with Crippen LogP contribution in [0.2, 0.25) is 5.02 Å². The fourth-order valence-corrected chi connectivity index (χ4v) is 3.44. The third kappa shape index (κ3) is 4.19. The van der Waals surface area contributed by atoms with Crippen molar-refractivity contribution in [3.8, 4) is 11.4 Å². The van der Waals surface area contributed by atoms with Gasteiger partial charge in [0.15, 0.2) is 0 Å². The number of aromatic nitrogens is 2. The summed E-state index contributed by atoms with van der Waals surface area (Å²) >= 11 is 5.69. The Balaban J connectivity index is 1.83. The van der Waals surface area contributed by atoms with Crippen LogP contribution in [0, 0.1) is 5.82 Å². The molecular formula is C15H8ClF4N3O3S. The molecule has 0 saturated carbocycles. The molecule has 1 N–H and O–H groups in total. The molecule has 0 radical (unpaired) electrons. The van der Waals surface area contributed by atoms with E-state index in [1.807, 2.05) is 0 Å². The molecule has 0 fully saturated rings. The van der Waals surface area contributed by atoms with Crippen LogP contribution in [-0.2, 0) is 16.2 Å². The zero-order valence-electron chi connectivity index (χ0n) is 13.0. The summed E-state index contributed by atoms with van der Waals surface area (Å²) in [5.74, 6) is -2.81. The number of nitrogens with zero attached hydrogens (tertiary/aromatic N) is 2. The van der Waals surface area contributed by atoms with Crippen molar-refractivity contribution >= 4 is 27.3 Å². The molecule has 27 heavy (non-hydrogen) atoms. The molecule has 2 aromatic carbocycles. The van der Waals surface area contributed by atoms with E-state index in [0.29, 0.717) is 0 Å². The van der Waals surface area contributed by atoms with Gasteiger partial charge in [-0.05, 0) is 42.5 Å². The van der Waals surface area contributed by atoms with Gasteiger partial charge >= 0.3 is 12.1 Å². The highest BCUT2D eigenvalue weighted by Gasteiger charge is 2.38. The molecule has 0 amide bonds. The first-order valence-electron chi connectivity index (χ1n) is 7.05. The predicted octanol–water partition coefficient (Wildman–Crippen LogP) is 4.35. The van der Waals surface area contributed by atoms with Crippen LogP contribution in [0.1, 0.15) is 5.89 Å². The second-order valence-corrected chi connectivity index (χ2v) is 7.27. The van der Waals surface area contributed by atoms with Crippen LogP contribution in [0.4, 0.5) is 23.2 Å². The summed E-state index contributed by atoms with van der Waals surface area (Å²) in [5.41, 5.74) is 0.198. The van der Waals surface area contributed by atoms with Crippen LogP contribution < -0.4 is 4.72 Å². The number of hydrogen-bond acceptors (Lipinski definition) is 5. The number of sulfonamides is 1. The van der Waals surface area contributed by atoms with Gasteiger partial charge in [0.25, 0.3) is 10.0 Å². The SMILES string of the molecule is O=S(=O)(Nc1ccc(-c2noc(C(F)(F)F)n2)cc1)c1cc(Cl)ccc1F. The van der Waals surface area contributed by atoms with Gasteiger partial charge in [0.2, 0.25) is 5.82 Å². The van der Waals surface area contributed by atoms with Crippen LogP contribution in [-0.4, -0.2) is 18.6 Å². The van der Waals surface area contributed by atoms with E-state index < -0.39 is 32.8 Å². The summed E-state index contributed by atoms with van der Waals surface area (Å²) in [5, 5.41) is 3.25. The van der Waals surface area contributed by atoms with Crippen molar-refractivity contribution in [2.75, 3.05) is 4.72 Å². The Kier molecular flexibility index (Phi) is 4.82. The molecule has 0 saturated heterocycles. The lowest BCUT2D eigenvalue weighted by molar-refractivity contribution is -0.159. The Bertz CT molecular complexity index is 1080. The zero-order chi connectivity index (χ0) is 19.8. The van der Waals surface area contributed by atoms with Crippen molar-refractivity contribution in [3.63, 3.8) is 0 Å². The average molecular weight is 422 g/mol. The topological polar surface area (TPSA) is 85.1 Å². The average Bonchev–Trinajstić information content (AvgIpc) is 3.08. The summed E-state index contributed by atoms with van der Waals surface area (Å²) < 4.78 is 82.0. The van der Waals surface area contributed by atoms with Gasteiger partial charge in [-0.15, -0.1) is 0 Å². The van der Waals surface area contributed by atoms with Gasteiger partial charge in [-0.1, -0.05) is 16.8 Å². The molecule has 3 rings (SSSR count). The van der Waals surface area contributed by atoms with Gasteiger partial charge in [0, 0.05) is 16.3 Å². The fraction of sp³-hybridized carbons (Fsp3) is 0.0667. The minimum Gasteiger partial charge on any atom is -0.329 e. The van der Waals surface area contributed by atoms with Crippen molar-refractivity contribution in [1.82, 2.24) is 10.1 Å². The molecule has 0 unspecified atom stereocenters. The van der Waals surface area contributed by atoms with Crippen LogP contribution >= 0.6 is 11.6 Å². The number of benzene rings is 2. The van der Waals surface area contributed by atoms with Crippen molar-refractivity contribution in [3.05, 3.63) is 59.2 Å². The van der Waals surface area contributed by atoms with E-state index in [1.54, 1.807) is 0 Å². The molecule has 6 nitrogen and oxygen atoms in total. The number of anilines is 1. The Morgan fingerprint density at radius 1 is 1.07 bits per heavy atom. The molecule has 0 aliphatic carbocycles. The third-order valence-electron chi connectivity index (χ3n) is 3.25. The van der Waals surface area contributed by atoms with Gasteiger partial charge < -0.3 is 4.52 Å². The first-order chi connectivity index (χ1) is 12.6. The molecular weight excluding hydrogens is 414 g/mol. The van der Waals surface area contributed by atoms with Crippen LogP contribution in [0.5, 0.6) is 0 Å². The van der Waals surface area contributed by atoms with Crippen LogP contribution in [0.25, 0.3) is 11.4 Å². The Labute approximate surface area is 154 Å². The first kappa shape index (κ1) is 19.1. The van der Waals surface area contributed by atoms with E-state index in [9.17, 15) is 26.0 Å². The highest BCUT2D eigenvalue weighted by molar-refractivity contribution is 7.92. The van der Waals surface area contributed by atoms with Crippen molar-refractivity contribution in [2.24, 2.45) is 0 Å². The van der Waals surface area contributed by atoms with E-state index in [4.69, 9.17) is 11.6 Å². The van der Waals surface area contributed by atoms with Crippen LogP contribution in [0.15, 0.2) is 51.9 Å². The molecule has 3 aromatic rings. The van der Waals surface area contributed by atoms with Gasteiger partial charge in [-0.3, -0.25) is 4.72 Å². The Hall–Kier alpha value is -2.66. The van der Waals surface area contributed by atoms with Gasteiger partial charge in [0.05, 0.1) is 0 Å². The fourth-order valence-electron chi connectivity index (χ4n) is 2.04. The molecule has 1 aromatic heterocycles. The van der Waals surface area contributed by atoms with Crippen molar-refractivity contribution in [2.45, 2.75) is 11.1 Å². The van der Waals surface area contributed by atoms with Gasteiger partial charge in [-0.2, -0.15) is 18.2 Å². The lowest BCUT2D eigenvalue weighted by Gasteiger charge is -2.09. The maximum atomic E-state index is 13.8. The summed E-state index contributed by atoms with van der Waals surface area (Å²) in [6, 6.07) is 8.11. The molecule has 0 bridgehead atoms. The lowest BCUT2D eigenvalue weighted by Crippen LogP contribution is -2.14. The molecule has 0 atom stereocenters. The molecule has 0 aliphatic heterocycles. The zero-order valence-corrected chi connectivity index (χ0v) is 14.5. The number of hydrogen-bond donors (Lipinski definition) is 1. The van der Waals surface area contributed by atoms with Crippen LogP contribution in [0.3, 0.4) is 0 Å². The summed E-state index contributed by atoms with van der Waals surface area (Å²) in [4.78, 5) is 2.57. The molecule has 0 aliphatic rings. The molecule has 12 heteroatoms. The number of nitrogens with one attached hydrogen (secondary N) is 1. The maximum absolute atomic E-state index is 13.8. The molecule has 0 spiro atoms. The number of alkyl halides is 3. The molecule has 1 heterocycles. The minimum atomic E-state index is -4.78. The van der Waals surface area contributed by atoms with E-state index in [-0.39, 0.29) is 22.1 Å². The third-order valence-corrected chi connectivity index (χ3v) is 4.88. The van der Waals surface area contributed by atoms with Gasteiger partial charge in [-0.25, -0.2) is 12.8 Å². The lowest BCUT2D eigenvalue weighted by atomic mass is 10.2. The van der Waals surface area contributed by atoms with Crippen molar-refractivity contribution in [1.29, 1.82) is 0 Å². The smallest absolute Gasteiger partial charge is 0.329 e. The molecule has 142 valence electrons. The predicted molar refractivity (Wildman–Crippen MR) is 87.0 cm³/mol. The summed E-state index contributed by atoms with van der Waals surface area (Å²) in [6.07, 6.45) is -4.78. The van der Waals surface area contributed by atoms with Crippen molar-refractivity contribution < 1.29 is 30.5 Å². The largest absolute Gasteiger partial charge is 0.471 e. The second kappa shape index (κ2) is 6.82. The standard InChI is InChI=1S/C15H8ClF4N3O3S/c16-9-3-6-11(17)12(7-9)27(24,25)23-10-4-1-8(2-5-10)13-21-14(26-22-13)15(18,19)20/h1-7,23H. The highest BCUT2D eigenvalue weighted by atomic mass is 35.5. The van der Waals surface area contributed by atoms with E-state index in [2.05, 4.69) is 19.4 Å². The quantitative estimate of drug-likeness (QED) is 0.633. The number of rotatable bonds is 4. The Morgan fingerprint density at radius 2 is 1.74 bits per heavy atom. The summed E-state index contributed by atoms with van der Waals surface area (Å²) in [7, 11) is -4.27. The van der Waals surface area contributed by atoms with E-state index in [0.717, 1.165) is 12.1 Å². The summed E-state index contributed by atoms with van der Waals surface area (Å²) in [6.45, 7) is 0. The highest BCUT2D eigenvalue weighted by Crippen LogP contribution is 2.30.